The van der Waals surface area contributed by atoms with Crippen molar-refractivity contribution in [1.82, 2.24) is 15.5 Å². The highest BCUT2D eigenvalue weighted by atomic mass is 16.2. The number of carbonyl (C=O) groups is 1. The third-order valence-corrected chi connectivity index (χ3v) is 4.11. The number of hydrogen-bond acceptors (Lipinski definition) is 3. The van der Waals surface area contributed by atoms with Gasteiger partial charge < -0.3 is 15.5 Å². The highest BCUT2D eigenvalue weighted by Gasteiger charge is 2.35. The largest absolute Gasteiger partial charge is 0.352 e. The van der Waals surface area contributed by atoms with Crippen LogP contribution in [-0.2, 0) is 4.79 Å². The number of hydrogen-bond donors (Lipinski definition) is 2. The summed E-state index contributed by atoms with van der Waals surface area (Å²) in [5.41, 5.74) is -0.200. The zero-order chi connectivity index (χ0) is 12.3. The quantitative estimate of drug-likeness (QED) is 0.741. The van der Waals surface area contributed by atoms with Gasteiger partial charge in [0.05, 0.1) is 5.41 Å². The van der Waals surface area contributed by atoms with E-state index in [1.54, 1.807) is 0 Å². The molecule has 98 valence electrons. The van der Waals surface area contributed by atoms with Crippen molar-refractivity contribution >= 4 is 5.91 Å². The summed E-state index contributed by atoms with van der Waals surface area (Å²) in [5.74, 6) is 0.241. The summed E-state index contributed by atoms with van der Waals surface area (Å²) in [6.07, 6.45) is 4.43. The van der Waals surface area contributed by atoms with Gasteiger partial charge in [0.25, 0.3) is 0 Å². The zero-order valence-electron chi connectivity index (χ0n) is 11.1. The molecule has 0 aromatic carbocycles. The minimum atomic E-state index is -0.200. The van der Waals surface area contributed by atoms with Crippen molar-refractivity contribution in [2.24, 2.45) is 5.41 Å². The van der Waals surface area contributed by atoms with Crippen molar-refractivity contribution in [3.05, 3.63) is 0 Å². The van der Waals surface area contributed by atoms with E-state index in [1.165, 1.54) is 6.42 Å². The Morgan fingerprint density at radius 2 is 2.29 bits per heavy atom. The van der Waals surface area contributed by atoms with Crippen LogP contribution in [0.25, 0.3) is 0 Å². The van der Waals surface area contributed by atoms with Gasteiger partial charge in [-0.15, -0.1) is 0 Å². The summed E-state index contributed by atoms with van der Waals surface area (Å²) in [7, 11) is 2.13. The molecule has 1 amide bonds. The van der Waals surface area contributed by atoms with Gasteiger partial charge in [-0.1, -0.05) is 0 Å². The molecule has 0 bridgehead atoms. The van der Waals surface area contributed by atoms with E-state index in [9.17, 15) is 4.79 Å². The smallest absolute Gasteiger partial charge is 0.227 e. The van der Waals surface area contributed by atoms with Crippen LogP contribution in [0.2, 0.25) is 0 Å². The standard InChI is InChI=1S/C13H25N3O/c1-13(6-4-7-14-10-13)12(17)15-11-5-3-8-16(2)9-11/h11,14H,3-10H2,1-2H3,(H,15,17). The molecule has 2 fully saturated rings. The fourth-order valence-corrected chi connectivity index (χ4v) is 2.89. The molecule has 0 aromatic rings. The average Bonchev–Trinajstić information content (AvgIpc) is 2.30. The van der Waals surface area contributed by atoms with E-state index in [2.05, 4.69) is 29.5 Å². The molecule has 4 heteroatoms. The number of amides is 1. The molecule has 2 heterocycles. The molecule has 17 heavy (non-hydrogen) atoms. The molecule has 0 radical (unpaired) electrons. The lowest BCUT2D eigenvalue weighted by atomic mass is 9.81. The fraction of sp³-hybridized carbons (Fsp3) is 0.923. The van der Waals surface area contributed by atoms with Crippen molar-refractivity contribution < 1.29 is 4.79 Å². The topological polar surface area (TPSA) is 44.4 Å². The van der Waals surface area contributed by atoms with E-state index in [4.69, 9.17) is 0 Å². The Balaban J connectivity index is 1.87. The first-order valence-electron chi connectivity index (χ1n) is 6.80. The van der Waals surface area contributed by atoms with Crippen LogP contribution in [-0.4, -0.2) is 50.1 Å². The van der Waals surface area contributed by atoms with Crippen LogP contribution in [0, 0.1) is 5.41 Å². The van der Waals surface area contributed by atoms with Gasteiger partial charge in [-0.25, -0.2) is 0 Å². The minimum Gasteiger partial charge on any atom is -0.352 e. The van der Waals surface area contributed by atoms with Crippen LogP contribution in [0.5, 0.6) is 0 Å². The van der Waals surface area contributed by atoms with Crippen LogP contribution in [0.1, 0.15) is 32.6 Å². The second-order valence-electron chi connectivity index (χ2n) is 5.92. The predicted molar refractivity (Wildman–Crippen MR) is 68.9 cm³/mol. The Morgan fingerprint density at radius 3 is 2.94 bits per heavy atom. The SMILES string of the molecule is CN1CCCC(NC(=O)C2(C)CCCNC2)C1. The van der Waals surface area contributed by atoms with Gasteiger partial charge in [0.2, 0.25) is 5.91 Å². The fourth-order valence-electron chi connectivity index (χ4n) is 2.89. The Bertz CT molecular complexity index is 274. The van der Waals surface area contributed by atoms with Gasteiger partial charge in [-0.3, -0.25) is 4.79 Å². The normalized spacial score (nSPS) is 35.5. The van der Waals surface area contributed by atoms with E-state index in [-0.39, 0.29) is 11.3 Å². The lowest BCUT2D eigenvalue weighted by Gasteiger charge is -2.36. The monoisotopic (exact) mass is 239 g/mol. The van der Waals surface area contributed by atoms with Gasteiger partial charge in [-0.2, -0.15) is 0 Å². The summed E-state index contributed by atoms with van der Waals surface area (Å²) < 4.78 is 0. The minimum absolute atomic E-state index is 0.200. The molecular weight excluding hydrogens is 214 g/mol. The van der Waals surface area contributed by atoms with Crippen molar-refractivity contribution in [3.63, 3.8) is 0 Å². The van der Waals surface area contributed by atoms with Crippen LogP contribution in [0.3, 0.4) is 0 Å². The second-order valence-corrected chi connectivity index (χ2v) is 5.92. The van der Waals surface area contributed by atoms with E-state index < -0.39 is 0 Å². The van der Waals surface area contributed by atoms with Gasteiger partial charge in [0.15, 0.2) is 0 Å². The molecule has 0 aliphatic carbocycles. The van der Waals surface area contributed by atoms with Crippen molar-refractivity contribution in [2.75, 3.05) is 33.2 Å². The molecule has 2 aliphatic heterocycles. The van der Waals surface area contributed by atoms with Gasteiger partial charge in [0.1, 0.15) is 0 Å². The van der Waals surface area contributed by atoms with E-state index >= 15 is 0 Å². The van der Waals surface area contributed by atoms with Crippen LogP contribution in [0.4, 0.5) is 0 Å². The first-order valence-corrected chi connectivity index (χ1v) is 6.80. The van der Waals surface area contributed by atoms with Gasteiger partial charge in [-0.05, 0) is 52.7 Å². The van der Waals surface area contributed by atoms with Crippen molar-refractivity contribution in [2.45, 2.75) is 38.6 Å². The number of carbonyl (C=O) groups excluding carboxylic acids is 1. The molecule has 2 unspecified atom stereocenters. The number of piperidine rings is 2. The Morgan fingerprint density at radius 1 is 1.47 bits per heavy atom. The summed E-state index contributed by atoms with van der Waals surface area (Å²) in [6.45, 7) is 6.11. The van der Waals surface area contributed by atoms with Crippen LogP contribution < -0.4 is 10.6 Å². The average molecular weight is 239 g/mol. The zero-order valence-corrected chi connectivity index (χ0v) is 11.1. The second kappa shape index (κ2) is 5.36. The first-order chi connectivity index (χ1) is 8.10. The number of nitrogens with one attached hydrogen (secondary N) is 2. The molecule has 0 saturated carbocycles. The number of likely N-dealkylation sites (tertiary alicyclic amines) is 1. The summed E-state index contributed by atoms with van der Waals surface area (Å²) >= 11 is 0. The maximum absolute atomic E-state index is 12.3. The van der Waals surface area contributed by atoms with Gasteiger partial charge >= 0.3 is 0 Å². The molecular formula is C13H25N3O. The molecule has 2 atom stereocenters. The molecule has 0 spiro atoms. The van der Waals surface area contributed by atoms with E-state index in [1.807, 2.05) is 0 Å². The molecule has 2 saturated heterocycles. The van der Waals surface area contributed by atoms with E-state index in [0.717, 1.165) is 45.4 Å². The summed E-state index contributed by atoms with van der Waals surface area (Å²) in [4.78, 5) is 14.6. The van der Waals surface area contributed by atoms with Gasteiger partial charge in [0, 0.05) is 19.1 Å². The molecule has 4 nitrogen and oxygen atoms in total. The lowest BCUT2D eigenvalue weighted by Crippen LogP contribution is -2.54. The third-order valence-electron chi connectivity index (χ3n) is 4.11. The maximum atomic E-state index is 12.3. The molecule has 2 aliphatic rings. The number of nitrogens with zero attached hydrogens (tertiary/aromatic N) is 1. The lowest BCUT2D eigenvalue weighted by molar-refractivity contribution is -0.132. The Kier molecular flexibility index (Phi) is 4.05. The molecule has 2 rings (SSSR count). The van der Waals surface area contributed by atoms with Crippen LogP contribution >= 0.6 is 0 Å². The molecule has 2 N–H and O–H groups in total. The first kappa shape index (κ1) is 12.8. The third kappa shape index (κ3) is 3.19. The molecule has 0 aromatic heterocycles. The summed E-state index contributed by atoms with van der Waals surface area (Å²) in [6, 6.07) is 0.347. The van der Waals surface area contributed by atoms with E-state index in [0.29, 0.717) is 6.04 Å². The maximum Gasteiger partial charge on any atom is 0.227 e. The van der Waals surface area contributed by atoms with Crippen LogP contribution in [0.15, 0.2) is 0 Å². The Labute approximate surface area is 104 Å². The number of rotatable bonds is 2. The highest BCUT2D eigenvalue weighted by Crippen LogP contribution is 2.26. The van der Waals surface area contributed by atoms with Crippen molar-refractivity contribution in [1.29, 1.82) is 0 Å². The summed E-state index contributed by atoms with van der Waals surface area (Å²) in [5, 5.41) is 6.57. The highest BCUT2D eigenvalue weighted by molar-refractivity contribution is 5.82. The Hall–Kier alpha value is -0.610. The van der Waals surface area contributed by atoms with Crippen molar-refractivity contribution in [3.8, 4) is 0 Å². The number of likely N-dealkylation sites (N-methyl/N-ethyl adjacent to an activating group) is 1. The predicted octanol–water partition coefficient (Wildman–Crippen LogP) is 0.587.